The van der Waals surface area contributed by atoms with Crippen molar-refractivity contribution in [3.05, 3.63) is 0 Å². The second kappa shape index (κ2) is 12.1. The Hall–Kier alpha value is 0.651. The Kier molecular flexibility index (Phi) is 12.6. The summed E-state index contributed by atoms with van der Waals surface area (Å²) in [7, 11) is 1.29. The van der Waals surface area contributed by atoms with Crippen molar-refractivity contribution in [2.45, 2.75) is 83.8 Å². The molecule has 0 amide bonds. The summed E-state index contributed by atoms with van der Waals surface area (Å²) in [6, 6.07) is 3.42. The van der Waals surface area contributed by atoms with Gasteiger partial charge >= 0.3 is 0 Å². The van der Waals surface area contributed by atoms with E-state index in [1.54, 1.807) is 34.7 Å². The van der Waals surface area contributed by atoms with Gasteiger partial charge in [0.2, 0.25) is 0 Å². The summed E-state index contributed by atoms with van der Waals surface area (Å²) in [5.41, 5.74) is 0. The Balaban J connectivity index is 3.54. The first-order valence-electron chi connectivity index (χ1n) is 7.72. The molecule has 0 N–H and O–H groups in total. The molecule has 0 rings (SSSR count). The van der Waals surface area contributed by atoms with E-state index >= 15 is 0 Å². The molecule has 0 aliphatic carbocycles. The molecule has 0 nitrogen and oxygen atoms in total. The summed E-state index contributed by atoms with van der Waals surface area (Å²) in [5.74, 6) is 0. The maximum atomic E-state index is 2.67. The van der Waals surface area contributed by atoms with Crippen molar-refractivity contribution in [2.75, 3.05) is 0 Å². The first kappa shape index (κ1) is 16.7. The van der Waals surface area contributed by atoms with Crippen molar-refractivity contribution in [3.8, 4) is 0 Å². The van der Waals surface area contributed by atoms with E-state index in [4.69, 9.17) is 0 Å². The van der Waals surface area contributed by atoms with Gasteiger partial charge in [0.25, 0.3) is 0 Å². The van der Waals surface area contributed by atoms with Crippen LogP contribution in [0.2, 0.25) is 18.6 Å². The molecule has 0 aliphatic heterocycles. The Bertz CT molecular complexity index is 125. The van der Waals surface area contributed by atoms with Gasteiger partial charge in [-0.2, -0.15) is 0 Å². The first-order chi connectivity index (χ1) is 7.72. The van der Waals surface area contributed by atoms with Crippen LogP contribution in [-0.4, -0.2) is 25.9 Å². The molecule has 0 bridgehead atoms. The first-order valence-corrected chi connectivity index (χ1v) is 17.8. The molecule has 0 spiro atoms. The monoisotopic (exact) mass is 274 g/mol. The van der Waals surface area contributed by atoms with Crippen LogP contribution in [-0.2, 0) is 0 Å². The van der Waals surface area contributed by atoms with Gasteiger partial charge in [0.05, 0.1) is 0 Å². The van der Waals surface area contributed by atoms with Crippen LogP contribution in [0.25, 0.3) is 0 Å². The molecule has 16 heavy (non-hydrogen) atoms. The van der Waals surface area contributed by atoms with E-state index in [-0.39, 0.29) is 16.1 Å². The third-order valence-corrected chi connectivity index (χ3v) is 24.1. The highest BCUT2D eigenvalue weighted by atomic mass is 29.6. The molecule has 0 saturated heterocycles. The highest BCUT2D eigenvalue weighted by Gasteiger charge is 2.14. The normalized spacial score (nSPS) is 13.5. The van der Waals surface area contributed by atoms with E-state index in [2.05, 4.69) is 20.4 Å². The predicted molar refractivity (Wildman–Crippen MR) is 88.0 cm³/mol. The number of rotatable bonds is 11. The molecule has 0 aromatic rings. The van der Waals surface area contributed by atoms with Gasteiger partial charge in [-0.1, -0.05) is 83.8 Å². The maximum absolute atomic E-state index is 2.67. The van der Waals surface area contributed by atoms with Gasteiger partial charge in [0.15, 0.2) is 0 Å². The average Bonchev–Trinajstić information content (AvgIpc) is 2.26. The van der Waals surface area contributed by atoms with Gasteiger partial charge in [-0.15, -0.1) is 0 Å². The lowest BCUT2D eigenvalue weighted by Gasteiger charge is -2.18. The Morgan fingerprint density at radius 2 is 1.19 bits per heavy atom. The van der Waals surface area contributed by atoms with Gasteiger partial charge in [-0.25, -0.2) is 0 Å². The highest BCUT2D eigenvalue weighted by Crippen LogP contribution is 2.14. The predicted octanol–water partition coefficient (Wildman–Crippen LogP) is 3.17. The summed E-state index contributed by atoms with van der Waals surface area (Å²) >= 11 is 0. The summed E-state index contributed by atoms with van der Waals surface area (Å²) in [4.78, 5) is 0. The molecule has 0 radical (unpaired) electrons. The lowest BCUT2D eigenvalue weighted by Crippen LogP contribution is -2.33. The summed E-state index contributed by atoms with van der Waals surface area (Å²) in [6.07, 6.45) is 12.0. The van der Waals surface area contributed by atoms with Crippen LogP contribution in [0, 0.1) is 0 Å². The second-order valence-electron chi connectivity index (χ2n) is 5.70. The fourth-order valence-corrected chi connectivity index (χ4v) is 17.1. The molecule has 0 aliphatic rings. The summed E-state index contributed by atoms with van der Waals surface area (Å²) < 4.78 is 0. The van der Waals surface area contributed by atoms with Crippen LogP contribution < -0.4 is 0 Å². The minimum absolute atomic E-state index is 0.111. The number of hydrogen-bond donors (Lipinski definition) is 0. The summed E-state index contributed by atoms with van der Waals surface area (Å²) in [6.45, 7) is 7.32. The molecule has 0 aromatic carbocycles. The second-order valence-corrected chi connectivity index (χ2v) is 27.2. The zero-order valence-corrected chi connectivity index (χ0v) is 16.5. The standard InChI is InChI=1S/C13H34Si3/c1-4-6-8-10-12-16(15(3)14)13-11-9-7-5-2/h15-16H,4-13H2,1-3,14H3. The zero-order chi connectivity index (χ0) is 12.2. The highest BCUT2D eigenvalue weighted by molar-refractivity contribution is 7.40. The van der Waals surface area contributed by atoms with Crippen LogP contribution in [0.5, 0.6) is 0 Å². The van der Waals surface area contributed by atoms with E-state index in [0.29, 0.717) is 0 Å². The molecule has 0 saturated carbocycles. The number of hydrogen-bond acceptors (Lipinski definition) is 0. The van der Waals surface area contributed by atoms with Gasteiger partial charge in [0.1, 0.15) is 0 Å². The Morgan fingerprint density at radius 1 is 0.750 bits per heavy atom. The third-order valence-electron chi connectivity index (χ3n) is 3.80. The minimum Gasteiger partial charge on any atom is -0.0766 e. The molecular formula is C13H34Si3. The molecule has 1 unspecified atom stereocenters. The van der Waals surface area contributed by atoms with Crippen LogP contribution in [0.15, 0.2) is 0 Å². The Morgan fingerprint density at radius 3 is 1.50 bits per heavy atom. The Labute approximate surface area is 110 Å². The zero-order valence-electron chi connectivity index (χ0n) is 12.2. The molecule has 98 valence electrons. The van der Waals surface area contributed by atoms with Crippen LogP contribution in [0.4, 0.5) is 0 Å². The topological polar surface area (TPSA) is 0 Å². The molecule has 0 heterocycles. The van der Waals surface area contributed by atoms with Crippen molar-refractivity contribution < 1.29 is 0 Å². The third kappa shape index (κ3) is 9.85. The van der Waals surface area contributed by atoms with E-state index in [1.165, 1.54) is 38.5 Å². The van der Waals surface area contributed by atoms with Crippen LogP contribution in [0.1, 0.15) is 65.2 Å². The van der Waals surface area contributed by atoms with Crippen molar-refractivity contribution >= 4 is 25.9 Å². The van der Waals surface area contributed by atoms with Gasteiger partial charge in [0, 0.05) is 16.1 Å². The molecule has 0 fully saturated rings. The molecule has 0 aromatic heterocycles. The van der Waals surface area contributed by atoms with Crippen molar-refractivity contribution in [2.24, 2.45) is 0 Å². The fraction of sp³-hybridized carbons (Fsp3) is 1.00. The smallest absolute Gasteiger partial charge is 0.0242 e. The quantitative estimate of drug-likeness (QED) is 0.401. The largest absolute Gasteiger partial charge is 0.0766 e. The lowest BCUT2D eigenvalue weighted by atomic mass is 10.2. The molecule has 1 atom stereocenters. The molecule has 3 heteroatoms. The van der Waals surface area contributed by atoms with Crippen molar-refractivity contribution in [1.82, 2.24) is 0 Å². The molecular weight excluding hydrogens is 240 g/mol. The van der Waals surface area contributed by atoms with Crippen molar-refractivity contribution in [1.29, 1.82) is 0 Å². The summed E-state index contributed by atoms with van der Waals surface area (Å²) in [5, 5.41) is 0. The van der Waals surface area contributed by atoms with E-state index in [9.17, 15) is 0 Å². The average molecular weight is 275 g/mol. The lowest BCUT2D eigenvalue weighted by molar-refractivity contribution is 0.688. The maximum Gasteiger partial charge on any atom is 0.0242 e. The SMILES string of the molecule is CCCCCC[SiH](CCCCCC)[SiH](C)[SiH3]. The van der Waals surface area contributed by atoms with Gasteiger partial charge in [-0.3, -0.25) is 0 Å². The minimum atomic E-state index is -0.192. The van der Waals surface area contributed by atoms with Crippen LogP contribution in [0.3, 0.4) is 0 Å². The van der Waals surface area contributed by atoms with Crippen molar-refractivity contribution in [3.63, 3.8) is 0 Å². The number of unbranched alkanes of at least 4 members (excludes halogenated alkanes) is 6. The van der Waals surface area contributed by atoms with E-state index < -0.39 is 0 Å². The fourth-order valence-electron chi connectivity index (χ4n) is 2.48. The van der Waals surface area contributed by atoms with Gasteiger partial charge < -0.3 is 0 Å². The van der Waals surface area contributed by atoms with Gasteiger partial charge in [-0.05, 0) is 9.76 Å². The van der Waals surface area contributed by atoms with Crippen LogP contribution >= 0.6 is 0 Å². The van der Waals surface area contributed by atoms with E-state index in [0.717, 1.165) is 0 Å². The van der Waals surface area contributed by atoms with E-state index in [1.807, 2.05) is 0 Å².